The fraction of sp³-hybridized carbons (Fsp3) is 0.259. The normalized spacial score (nSPS) is 16.0. The zero-order chi connectivity index (χ0) is 25.1. The Kier molecular flexibility index (Phi) is 6.89. The number of nitrogens with zero attached hydrogens (tertiary/aromatic N) is 2. The van der Waals surface area contributed by atoms with Crippen molar-refractivity contribution in [3.8, 4) is 29.1 Å². The van der Waals surface area contributed by atoms with E-state index >= 15 is 0 Å². The lowest BCUT2D eigenvalue weighted by atomic mass is 9.91. The Morgan fingerprint density at radius 3 is 2.58 bits per heavy atom. The third-order valence-corrected chi connectivity index (χ3v) is 7.17. The number of fused-ring (bicyclic) bond motifs is 2. The fourth-order valence-corrected chi connectivity index (χ4v) is 5.14. The SMILES string of the molecule is COc1c2c(cc3c1[C@@H](C#CCNc1ccc(Sc4ccc([N+](=O)[O-])cc4)cc1)N(C)CC3)OCO2. The van der Waals surface area contributed by atoms with Crippen LogP contribution in [-0.4, -0.2) is 43.9 Å². The number of hydrogen-bond donors (Lipinski definition) is 1. The highest BCUT2D eigenvalue weighted by molar-refractivity contribution is 7.99. The maximum atomic E-state index is 10.8. The lowest BCUT2D eigenvalue weighted by Crippen LogP contribution is -2.31. The van der Waals surface area contributed by atoms with Crippen LogP contribution in [0.2, 0.25) is 0 Å². The molecule has 0 saturated carbocycles. The summed E-state index contributed by atoms with van der Waals surface area (Å²) in [6.07, 6.45) is 0.902. The Bertz CT molecular complexity index is 1330. The summed E-state index contributed by atoms with van der Waals surface area (Å²) in [6, 6.07) is 16.5. The molecule has 3 aromatic rings. The first kappa shape index (κ1) is 23.9. The van der Waals surface area contributed by atoms with Crippen molar-refractivity contribution in [2.45, 2.75) is 22.3 Å². The molecule has 1 N–H and O–H groups in total. The maximum absolute atomic E-state index is 10.8. The van der Waals surface area contributed by atoms with Crippen LogP contribution in [0.3, 0.4) is 0 Å². The van der Waals surface area contributed by atoms with Gasteiger partial charge in [-0.3, -0.25) is 15.0 Å². The van der Waals surface area contributed by atoms with Gasteiger partial charge in [0.2, 0.25) is 12.5 Å². The van der Waals surface area contributed by atoms with E-state index in [4.69, 9.17) is 14.2 Å². The number of ether oxygens (including phenoxy) is 3. The summed E-state index contributed by atoms with van der Waals surface area (Å²) < 4.78 is 17.0. The van der Waals surface area contributed by atoms with Crippen LogP contribution in [-0.2, 0) is 6.42 Å². The predicted octanol–water partition coefficient (Wildman–Crippen LogP) is 5.13. The maximum Gasteiger partial charge on any atom is 0.269 e. The van der Waals surface area contributed by atoms with Gasteiger partial charge in [0.05, 0.1) is 18.6 Å². The van der Waals surface area contributed by atoms with E-state index in [1.807, 2.05) is 24.3 Å². The monoisotopic (exact) mass is 503 g/mol. The van der Waals surface area contributed by atoms with Crippen LogP contribution in [0.25, 0.3) is 0 Å². The zero-order valence-electron chi connectivity index (χ0n) is 19.9. The number of anilines is 1. The summed E-state index contributed by atoms with van der Waals surface area (Å²) in [4.78, 5) is 14.6. The predicted molar refractivity (Wildman–Crippen MR) is 138 cm³/mol. The van der Waals surface area contributed by atoms with E-state index in [2.05, 4.69) is 35.2 Å². The summed E-state index contributed by atoms with van der Waals surface area (Å²) in [5.41, 5.74) is 3.29. The molecule has 2 heterocycles. The van der Waals surface area contributed by atoms with Gasteiger partial charge in [-0.25, -0.2) is 0 Å². The number of methoxy groups -OCH3 is 1. The first-order valence-electron chi connectivity index (χ1n) is 11.5. The quantitative estimate of drug-likeness (QED) is 0.282. The second-order valence-electron chi connectivity index (χ2n) is 8.40. The van der Waals surface area contributed by atoms with Gasteiger partial charge >= 0.3 is 0 Å². The average Bonchev–Trinajstić information content (AvgIpc) is 3.36. The largest absolute Gasteiger partial charge is 0.492 e. The first-order chi connectivity index (χ1) is 17.5. The van der Waals surface area contributed by atoms with Gasteiger partial charge in [0, 0.05) is 39.7 Å². The third kappa shape index (κ3) is 4.91. The van der Waals surface area contributed by atoms with Gasteiger partial charge in [-0.15, -0.1) is 0 Å². The van der Waals surface area contributed by atoms with E-state index < -0.39 is 4.92 Å². The van der Waals surface area contributed by atoms with Gasteiger partial charge < -0.3 is 19.5 Å². The van der Waals surface area contributed by atoms with Gasteiger partial charge in [0.15, 0.2) is 11.5 Å². The molecule has 0 saturated heterocycles. The Balaban J connectivity index is 1.23. The molecular weight excluding hydrogens is 478 g/mol. The van der Waals surface area contributed by atoms with Gasteiger partial charge in [0.1, 0.15) is 6.04 Å². The molecule has 3 aromatic carbocycles. The Morgan fingerprint density at radius 2 is 1.89 bits per heavy atom. The second kappa shape index (κ2) is 10.4. The number of benzene rings is 3. The summed E-state index contributed by atoms with van der Waals surface area (Å²) in [5, 5.41) is 14.2. The van der Waals surface area contributed by atoms with Crippen molar-refractivity contribution < 1.29 is 19.1 Å². The molecular formula is C27H25N3O5S. The number of hydrogen-bond acceptors (Lipinski definition) is 8. The van der Waals surface area contributed by atoms with Crippen molar-refractivity contribution in [3.05, 3.63) is 75.8 Å². The fourth-order valence-electron chi connectivity index (χ4n) is 4.32. The number of nitro benzene ring substituents is 1. The highest BCUT2D eigenvalue weighted by Crippen LogP contribution is 2.49. The minimum atomic E-state index is -0.394. The van der Waals surface area contributed by atoms with E-state index in [1.165, 1.54) is 17.7 Å². The third-order valence-electron chi connectivity index (χ3n) is 6.15. The molecule has 0 unspecified atom stereocenters. The van der Waals surface area contributed by atoms with Gasteiger partial charge in [-0.1, -0.05) is 23.6 Å². The average molecular weight is 504 g/mol. The molecule has 2 aliphatic rings. The van der Waals surface area contributed by atoms with Crippen molar-refractivity contribution in [2.75, 3.05) is 39.4 Å². The lowest BCUT2D eigenvalue weighted by molar-refractivity contribution is -0.384. The van der Waals surface area contributed by atoms with Crippen molar-refractivity contribution >= 4 is 23.1 Å². The van der Waals surface area contributed by atoms with E-state index in [-0.39, 0.29) is 18.5 Å². The Morgan fingerprint density at radius 1 is 1.17 bits per heavy atom. The summed E-state index contributed by atoms with van der Waals surface area (Å²) >= 11 is 1.55. The summed E-state index contributed by atoms with van der Waals surface area (Å²) in [7, 11) is 3.73. The van der Waals surface area contributed by atoms with Crippen molar-refractivity contribution in [2.24, 2.45) is 0 Å². The molecule has 8 nitrogen and oxygen atoms in total. The molecule has 1 atom stereocenters. The molecule has 0 spiro atoms. The molecule has 36 heavy (non-hydrogen) atoms. The number of likely N-dealkylation sites (N-methyl/N-ethyl adjacent to an activating group) is 1. The van der Waals surface area contributed by atoms with Crippen LogP contribution in [0.15, 0.2) is 64.4 Å². The molecule has 5 rings (SSSR count). The number of non-ortho nitro benzene ring substituents is 1. The van der Waals surface area contributed by atoms with E-state index in [1.54, 1.807) is 31.0 Å². The van der Waals surface area contributed by atoms with Crippen LogP contribution >= 0.6 is 11.8 Å². The van der Waals surface area contributed by atoms with E-state index in [0.29, 0.717) is 18.0 Å². The van der Waals surface area contributed by atoms with E-state index in [9.17, 15) is 10.1 Å². The summed E-state index contributed by atoms with van der Waals surface area (Å²) in [6.45, 7) is 1.60. The molecule has 0 radical (unpaired) electrons. The molecule has 2 aliphatic heterocycles. The topological polar surface area (TPSA) is 86.1 Å². The van der Waals surface area contributed by atoms with Gasteiger partial charge in [-0.2, -0.15) is 0 Å². The second-order valence-corrected chi connectivity index (χ2v) is 9.55. The summed E-state index contributed by atoms with van der Waals surface area (Å²) in [5.74, 6) is 8.78. The Labute approximate surface area is 213 Å². The molecule has 0 aromatic heterocycles. The molecule has 0 bridgehead atoms. The van der Waals surface area contributed by atoms with Crippen LogP contribution in [0.1, 0.15) is 17.2 Å². The number of nitro groups is 1. The minimum absolute atomic E-state index is 0.0904. The van der Waals surface area contributed by atoms with Gasteiger partial charge in [0.25, 0.3) is 5.69 Å². The standard InChI is InChI=1S/C27H25N3O5S/c1-29-15-13-18-16-24-26(35-17-34-24)27(33-2)25(18)23(29)4-3-14-28-19-5-9-21(10-6-19)36-22-11-7-20(8-12-22)30(31)32/h5-12,16,23,28H,13-15,17H2,1-2H3/t23-/m1/s1. The molecule has 0 fully saturated rings. The van der Waals surface area contributed by atoms with Crippen LogP contribution < -0.4 is 19.5 Å². The van der Waals surface area contributed by atoms with Crippen LogP contribution in [0.5, 0.6) is 17.2 Å². The van der Waals surface area contributed by atoms with Crippen LogP contribution in [0.4, 0.5) is 11.4 Å². The molecule has 184 valence electrons. The van der Waals surface area contributed by atoms with Crippen molar-refractivity contribution in [1.82, 2.24) is 4.90 Å². The molecule has 0 aliphatic carbocycles. The van der Waals surface area contributed by atoms with Crippen LogP contribution in [0, 0.1) is 22.0 Å². The lowest BCUT2D eigenvalue weighted by Gasteiger charge is -2.32. The Hall–Kier alpha value is -3.87. The van der Waals surface area contributed by atoms with Crippen molar-refractivity contribution in [1.29, 1.82) is 0 Å². The smallest absolute Gasteiger partial charge is 0.269 e. The highest BCUT2D eigenvalue weighted by Gasteiger charge is 2.33. The number of nitrogens with one attached hydrogen (secondary N) is 1. The highest BCUT2D eigenvalue weighted by atomic mass is 32.2. The first-order valence-corrected chi connectivity index (χ1v) is 12.3. The van der Waals surface area contributed by atoms with E-state index in [0.717, 1.165) is 39.8 Å². The van der Waals surface area contributed by atoms with Crippen molar-refractivity contribution in [3.63, 3.8) is 0 Å². The number of rotatable bonds is 6. The molecule has 0 amide bonds. The molecule has 9 heteroatoms. The minimum Gasteiger partial charge on any atom is -0.492 e. The van der Waals surface area contributed by atoms with Gasteiger partial charge in [-0.05, 0) is 61.5 Å². The zero-order valence-corrected chi connectivity index (χ0v) is 20.8.